The molecule has 130 valence electrons. The van der Waals surface area contributed by atoms with Crippen LogP contribution in [0, 0.1) is 28.6 Å². The van der Waals surface area contributed by atoms with Gasteiger partial charge < -0.3 is 4.74 Å². The van der Waals surface area contributed by atoms with Gasteiger partial charge in [-0.15, -0.1) is 0 Å². The van der Waals surface area contributed by atoms with Gasteiger partial charge in [-0.3, -0.25) is 4.79 Å². The number of hydrogen-bond acceptors (Lipinski definition) is 3. The average Bonchev–Trinajstić information content (AvgIpc) is 2.57. The zero-order valence-electron chi connectivity index (χ0n) is 15.0. The second-order valence-corrected chi connectivity index (χ2v) is 7.76. The number of nitrogens with zero attached hydrogens (tertiary/aromatic N) is 1. The van der Waals surface area contributed by atoms with Gasteiger partial charge in [-0.2, -0.15) is 5.26 Å². The topological polar surface area (TPSA) is 50.1 Å². The largest absolute Gasteiger partial charge is 0.462 e. The van der Waals surface area contributed by atoms with Crippen molar-refractivity contribution >= 4 is 5.97 Å². The number of esters is 1. The van der Waals surface area contributed by atoms with Gasteiger partial charge in [0, 0.05) is 6.42 Å². The number of rotatable bonds is 6. The summed E-state index contributed by atoms with van der Waals surface area (Å²) in [5.41, 5.74) is -0.0296. The van der Waals surface area contributed by atoms with Crippen LogP contribution in [-0.2, 0) is 9.53 Å². The van der Waals surface area contributed by atoms with E-state index in [0.29, 0.717) is 6.42 Å². The molecule has 0 spiro atoms. The van der Waals surface area contributed by atoms with Crippen LogP contribution in [-0.4, -0.2) is 12.1 Å². The summed E-state index contributed by atoms with van der Waals surface area (Å²) >= 11 is 0. The fraction of sp³-hybridized carbons (Fsp3) is 0.900. The van der Waals surface area contributed by atoms with Crippen LogP contribution >= 0.6 is 0 Å². The van der Waals surface area contributed by atoms with Crippen LogP contribution in [0.3, 0.4) is 0 Å². The summed E-state index contributed by atoms with van der Waals surface area (Å²) in [5, 5.41) is 9.53. The summed E-state index contributed by atoms with van der Waals surface area (Å²) in [7, 11) is 0. The van der Waals surface area contributed by atoms with E-state index >= 15 is 0 Å². The van der Waals surface area contributed by atoms with Crippen molar-refractivity contribution in [2.45, 2.75) is 97.0 Å². The van der Waals surface area contributed by atoms with E-state index in [4.69, 9.17) is 4.74 Å². The Morgan fingerprint density at radius 3 is 2.17 bits per heavy atom. The van der Waals surface area contributed by atoms with Gasteiger partial charge in [-0.25, -0.2) is 0 Å². The fourth-order valence-electron chi connectivity index (χ4n) is 4.69. The fourth-order valence-corrected chi connectivity index (χ4v) is 4.69. The Morgan fingerprint density at radius 1 is 1.04 bits per heavy atom. The maximum atomic E-state index is 11.6. The van der Waals surface area contributed by atoms with Gasteiger partial charge in [-0.05, 0) is 76.0 Å². The smallest absolute Gasteiger partial charge is 0.306 e. The summed E-state index contributed by atoms with van der Waals surface area (Å²) in [6.07, 6.45) is 12.9. The molecule has 2 fully saturated rings. The van der Waals surface area contributed by atoms with Gasteiger partial charge in [-0.1, -0.05) is 20.3 Å². The third-order valence-corrected chi connectivity index (χ3v) is 6.09. The van der Waals surface area contributed by atoms with Gasteiger partial charge in [0.2, 0.25) is 0 Å². The first-order valence-electron chi connectivity index (χ1n) is 9.73. The van der Waals surface area contributed by atoms with Gasteiger partial charge in [0.05, 0.1) is 11.5 Å². The van der Waals surface area contributed by atoms with Crippen LogP contribution < -0.4 is 0 Å². The molecule has 2 aliphatic carbocycles. The summed E-state index contributed by atoms with van der Waals surface area (Å²) in [5.74, 6) is 1.56. The highest BCUT2D eigenvalue weighted by atomic mass is 16.5. The van der Waals surface area contributed by atoms with Crippen molar-refractivity contribution in [3.8, 4) is 6.07 Å². The third kappa shape index (κ3) is 4.96. The summed E-state index contributed by atoms with van der Waals surface area (Å²) in [4.78, 5) is 11.6. The molecule has 0 saturated heterocycles. The minimum atomic E-state index is -0.0296. The molecular weight excluding hydrogens is 286 g/mol. The zero-order chi connectivity index (χ0) is 16.7. The van der Waals surface area contributed by atoms with E-state index in [9.17, 15) is 10.1 Å². The molecule has 3 nitrogen and oxygen atoms in total. The Balaban J connectivity index is 1.74. The number of ether oxygens (including phenoxy) is 1. The van der Waals surface area contributed by atoms with Crippen LogP contribution in [0.15, 0.2) is 0 Å². The molecule has 0 heterocycles. The molecule has 0 radical (unpaired) electrons. The van der Waals surface area contributed by atoms with Crippen LogP contribution in [0.2, 0.25) is 0 Å². The van der Waals surface area contributed by atoms with Crippen molar-refractivity contribution in [1.82, 2.24) is 0 Å². The minimum absolute atomic E-state index is 0.0213. The van der Waals surface area contributed by atoms with Gasteiger partial charge in [0.1, 0.15) is 6.10 Å². The second-order valence-electron chi connectivity index (χ2n) is 7.76. The van der Waals surface area contributed by atoms with Crippen molar-refractivity contribution < 1.29 is 9.53 Å². The number of nitriles is 1. The molecule has 0 aromatic rings. The van der Waals surface area contributed by atoms with E-state index in [1.807, 2.05) is 6.92 Å². The van der Waals surface area contributed by atoms with E-state index in [-0.39, 0.29) is 17.5 Å². The Hall–Kier alpha value is -1.04. The molecule has 0 aliphatic heterocycles. The standard InChI is InChI=1S/C20H33NO2/c1-3-5-19(22)23-18-8-6-16(7-9-18)17-10-13-20(15-21,12-4-2)14-11-17/h16-18H,3-14H2,1-2H3. The van der Waals surface area contributed by atoms with Crippen molar-refractivity contribution in [1.29, 1.82) is 5.26 Å². The van der Waals surface area contributed by atoms with E-state index in [1.165, 1.54) is 25.7 Å². The lowest BCUT2D eigenvalue weighted by molar-refractivity contribution is -0.151. The Morgan fingerprint density at radius 2 is 1.65 bits per heavy atom. The van der Waals surface area contributed by atoms with Crippen LogP contribution in [0.1, 0.15) is 90.9 Å². The van der Waals surface area contributed by atoms with Crippen LogP contribution in [0.5, 0.6) is 0 Å². The van der Waals surface area contributed by atoms with Gasteiger partial charge in [0.15, 0.2) is 0 Å². The molecule has 3 heteroatoms. The number of hydrogen-bond donors (Lipinski definition) is 0. The number of carbonyl (C=O) groups is 1. The lowest BCUT2D eigenvalue weighted by atomic mass is 9.64. The Bertz CT molecular complexity index is 410. The maximum Gasteiger partial charge on any atom is 0.306 e. The minimum Gasteiger partial charge on any atom is -0.462 e. The maximum absolute atomic E-state index is 11.6. The summed E-state index contributed by atoms with van der Waals surface area (Å²) in [6, 6.07) is 2.62. The molecular formula is C20H33NO2. The van der Waals surface area contributed by atoms with Crippen molar-refractivity contribution in [3.05, 3.63) is 0 Å². The molecule has 0 N–H and O–H groups in total. The molecule has 2 saturated carbocycles. The predicted molar refractivity (Wildman–Crippen MR) is 91.7 cm³/mol. The van der Waals surface area contributed by atoms with E-state index in [1.54, 1.807) is 0 Å². The average molecular weight is 319 g/mol. The zero-order valence-corrected chi connectivity index (χ0v) is 15.0. The van der Waals surface area contributed by atoms with Crippen LogP contribution in [0.4, 0.5) is 0 Å². The normalized spacial score (nSPS) is 34.6. The molecule has 0 atom stereocenters. The molecule has 0 unspecified atom stereocenters. The second kappa shape index (κ2) is 8.71. The van der Waals surface area contributed by atoms with Gasteiger partial charge in [0.25, 0.3) is 0 Å². The third-order valence-electron chi connectivity index (χ3n) is 6.09. The van der Waals surface area contributed by atoms with E-state index in [2.05, 4.69) is 13.0 Å². The van der Waals surface area contributed by atoms with Crippen molar-refractivity contribution in [2.24, 2.45) is 17.3 Å². The first-order chi connectivity index (χ1) is 11.1. The van der Waals surface area contributed by atoms with E-state index < -0.39 is 0 Å². The lowest BCUT2D eigenvalue weighted by Crippen LogP contribution is -2.32. The van der Waals surface area contributed by atoms with E-state index in [0.717, 1.165) is 56.8 Å². The quantitative estimate of drug-likeness (QED) is 0.617. The number of carbonyl (C=O) groups excluding carboxylic acids is 1. The molecule has 2 aliphatic rings. The molecule has 2 rings (SSSR count). The highest BCUT2D eigenvalue weighted by Gasteiger charge is 2.38. The molecule has 0 amide bonds. The summed E-state index contributed by atoms with van der Waals surface area (Å²) < 4.78 is 5.57. The molecule has 0 aromatic carbocycles. The first kappa shape index (κ1) is 18.3. The predicted octanol–water partition coefficient (Wildman–Crippen LogP) is 5.39. The SMILES string of the molecule is CCCC(=O)OC1CCC(C2CCC(C#N)(CCC)CC2)CC1. The lowest BCUT2D eigenvalue weighted by Gasteiger charge is -2.40. The first-order valence-corrected chi connectivity index (χ1v) is 9.73. The molecule has 0 bridgehead atoms. The van der Waals surface area contributed by atoms with Gasteiger partial charge >= 0.3 is 5.97 Å². The molecule has 0 aromatic heterocycles. The van der Waals surface area contributed by atoms with Crippen molar-refractivity contribution in [3.63, 3.8) is 0 Å². The highest BCUT2D eigenvalue weighted by Crippen LogP contribution is 2.46. The Kier molecular flexibility index (Phi) is 6.93. The summed E-state index contributed by atoms with van der Waals surface area (Å²) in [6.45, 7) is 4.20. The van der Waals surface area contributed by atoms with Crippen molar-refractivity contribution in [2.75, 3.05) is 0 Å². The molecule has 23 heavy (non-hydrogen) atoms. The monoisotopic (exact) mass is 319 g/mol. The van der Waals surface area contributed by atoms with Crippen LogP contribution in [0.25, 0.3) is 0 Å². The highest BCUT2D eigenvalue weighted by molar-refractivity contribution is 5.69. The Labute approximate surface area is 141 Å².